The topological polar surface area (TPSA) is 67.9 Å². The second-order valence-electron chi connectivity index (χ2n) is 8.06. The first kappa shape index (κ1) is 20.7. The minimum absolute atomic E-state index is 0.0872. The Hall–Kier alpha value is -2.54. The summed E-state index contributed by atoms with van der Waals surface area (Å²) in [7, 11) is 1.66. The van der Waals surface area contributed by atoms with Gasteiger partial charge in [0, 0.05) is 30.7 Å². The molecule has 1 unspecified atom stereocenters. The van der Waals surface area contributed by atoms with Gasteiger partial charge in [0.05, 0.1) is 24.8 Å². The highest BCUT2D eigenvalue weighted by atomic mass is 32.1. The molecule has 2 aliphatic rings. The zero-order valence-electron chi connectivity index (χ0n) is 17.5. The van der Waals surface area contributed by atoms with Crippen LogP contribution in [0, 0.1) is 0 Å². The number of rotatable bonds is 7. The fourth-order valence-electron chi connectivity index (χ4n) is 4.27. The summed E-state index contributed by atoms with van der Waals surface area (Å²) >= 11 is 1.51. The van der Waals surface area contributed by atoms with Gasteiger partial charge >= 0.3 is 0 Å². The fraction of sp³-hybridized carbons (Fsp3) is 0.478. The highest BCUT2D eigenvalue weighted by Crippen LogP contribution is 2.37. The van der Waals surface area contributed by atoms with Gasteiger partial charge in [0.25, 0.3) is 0 Å². The van der Waals surface area contributed by atoms with Crippen molar-refractivity contribution in [2.24, 2.45) is 0 Å². The molecule has 2 amide bonds. The number of hydrogen-bond acceptors (Lipinski definition) is 5. The Bertz CT molecular complexity index is 920. The summed E-state index contributed by atoms with van der Waals surface area (Å²) in [5, 5.41) is 3.60. The van der Waals surface area contributed by atoms with E-state index in [4.69, 9.17) is 9.47 Å². The third-order valence-corrected chi connectivity index (χ3v) is 6.76. The maximum atomic E-state index is 12.6. The second kappa shape index (κ2) is 9.08. The molecular formula is C23H28N2O4S. The first-order valence-electron chi connectivity index (χ1n) is 10.5. The number of anilines is 1. The van der Waals surface area contributed by atoms with E-state index in [0.29, 0.717) is 19.5 Å². The van der Waals surface area contributed by atoms with Crippen molar-refractivity contribution >= 4 is 28.2 Å². The van der Waals surface area contributed by atoms with Crippen molar-refractivity contribution in [3.8, 4) is 11.5 Å². The molecule has 160 valence electrons. The maximum Gasteiger partial charge on any atom is 0.223 e. The van der Waals surface area contributed by atoms with Gasteiger partial charge in [-0.15, -0.1) is 11.3 Å². The molecule has 0 bridgehead atoms. The molecule has 1 saturated carbocycles. The van der Waals surface area contributed by atoms with Crippen LogP contribution in [0.3, 0.4) is 0 Å². The van der Waals surface area contributed by atoms with Crippen molar-refractivity contribution in [1.82, 2.24) is 4.90 Å². The number of methoxy groups -OCH3 is 1. The molecule has 2 heterocycles. The Morgan fingerprint density at radius 1 is 1.20 bits per heavy atom. The van der Waals surface area contributed by atoms with Crippen LogP contribution >= 0.6 is 11.3 Å². The molecule has 7 heteroatoms. The summed E-state index contributed by atoms with van der Waals surface area (Å²) in [6.07, 6.45) is 5.36. The molecule has 1 aliphatic carbocycles. The molecule has 4 rings (SSSR count). The molecule has 2 aromatic rings. The van der Waals surface area contributed by atoms with Crippen LogP contribution < -0.4 is 14.8 Å². The number of carbonyl (C=O) groups excluding carboxylic acids is 2. The number of ether oxygens (including phenoxy) is 2. The summed E-state index contributed by atoms with van der Waals surface area (Å²) in [6, 6.07) is 9.90. The number of likely N-dealkylation sites (tertiary alicyclic amines) is 1. The van der Waals surface area contributed by atoms with Crippen LogP contribution in [0.1, 0.15) is 55.4 Å². The van der Waals surface area contributed by atoms with Crippen LogP contribution in [0.2, 0.25) is 0 Å². The second-order valence-corrected chi connectivity index (χ2v) is 9.23. The van der Waals surface area contributed by atoms with Crippen LogP contribution in [-0.4, -0.2) is 36.5 Å². The number of nitrogens with one attached hydrogen (secondary N) is 1. The van der Waals surface area contributed by atoms with E-state index < -0.39 is 0 Å². The first-order valence-corrected chi connectivity index (χ1v) is 11.3. The number of amides is 2. The van der Waals surface area contributed by atoms with E-state index in [1.54, 1.807) is 7.11 Å². The van der Waals surface area contributed by atoms with Crippen LogP contribution in [0.4, 0.5) is 5.00 Å². The Balaban J connectivity index is 1.44. The van der Waals surface area contributed by atoms with Gasteiger partial charge in [0.15, 0.2) is 11.5 Å². The summed E-state index contributed by atoms with van der Waals surface area (Å²) in [5.41, 5.74) is 1.12. The first-order chi connectivity index (χ1) is 14.5. The van der Waals surface area contributed by atoms with Crippen molar-refractivity contribution < 1.29 is 19.1 Å². The molecule has 30 heavy (non-hydrogen) atoms. The van der Waals surface area contributed by atoms with E-state index in [0.717, 1.165) is 39.8 Å². The number of carbonyl (C=O) groups is 2. The quantitative estimate of drug-likeness (QED) is 0.702. The van der Waals surface area contributed by atoms with Crippen molar-refractivity contribution in [2.75, 3.05) is 19.0 Å². The number of benzene rings is 1. The molecule has 1 aromatic carbocycles. The van der Waals surface area contributed by atoms with E-state index in [-0.39, 0.29) is 23.8 Å². The van der Waals surface area contributed by atoms with Crippen LogP contribution in [0.5, 0.6) is 11.5 Å². The van der Waals surface area contributed by atoms with Gasteiger partial charge in [-0.05, 0) is 55.5 Å². The molecular weight excluding hydrogens is 400 g/mol. The van der Waals surface area contributed by atoms with Gasteiger partial charge in [0.2, 0.25) is 11.8 Å². The molecule has 1 saturated heterocycles. The largest absolute Gasteiger partial charge is 0.493 e. The summed E-state index contributed by atoms with van der Waals surface area (Å²) in [6.45, 7) is 2.75. The zero-order valence-corrected chi connectivity index (χ0v) is 18.3. The van der Waals surface area contributed by atoms with Gasteiger partial charge < -0.3 is 19.7 Å². The van der Waals surface area contributed by atoms with Crippen molar-refractivity contribution in [3.05, 3.63) is 40.8 Å². The van der Waals surface area contributed by atoms with Crippen LogP contribution in [0.25, 0.3) is 0 Å². The van der Waals surface area contributed by atoms with Crippen LogP contribution in [0.15, 0.2) is 30.3 Å². The Morgan fingerprint density at radius 3 is 2.73 bits per heavy atom. The van der Waals surface area contributed by atoms with E-state index in [1.165, 1.54) is 31.1 Å². The Labute approximate surface area is 181 Å². The molecule has 2 fully saturated rings. The Kier molecular flexibility index (Phi) is 6.27. The number of thiophene rings is 1. The minimum atomic E-state index is -0.0872. The summed E-state index contributed by atoms with van der Waals surface area (Å²) in [5.74, 6) is 1.74. The lowest BCUT2D eigenvalue weighted by Gasteiger charge is -2.19. The monoisotopic (exact) mass is 428 g/mol. The lowest BCUT2D eigenvalue weighted by Crippen LogP contribution is -2.23. The van der Waals surface area contributed by atoms with E-state index >= 15 is 0 Å². The van der Waals surface area contributed by atoms with Gasteiger partial charge in [0.1, 0.15) is 0 Å². The Morgan fingerprint density at radius 2 is 2.00 bits per heavy atom. The summed E-state index contributed by atoms with van der Waals surface area (Å²) < 4.78 is 11.7. The predicted octanol–water partition coefficient (Wildman–Crippen LogP) is 4.55. The van der Waals surface area contributed by atoms with Crippen molar-refractivity contribution in [1.29, 1.82) is 0 Å². The van der Waals surface area contributed by atoms with Gasteiger partial charge in [-0.1, -0.05) is 6.07 Å². The third kappa shape index (κ3) is 4.78. The lowest BCUT2D eigenvalue weighted by molar-refractivity contribution is -0.128. The van der Waals surface area contributed by atoms with Crippen molar-refractivity contribution in [2.45, 2.75) is 57.6 Å². The van der Waals surface area contributed by atoms with Crippen LogP contribution in [-0.2, 0) is 16.1 Å². The molecule has 0 spiro atoms. The maximum absolute atomic E-state index is 12.6. The van der Waals surface area contributed by atoms with E-state index in [1.807, 2.05) is 29.2 Å². The third-order valence-electron chi connectivity index (χ3n) is 5.78. The minimum Gasteiger partial charge on any atom is -0.493 e. The fourth-order valence-corrected chi connectivity index (χ4v) is 5.23. The number of hydrogen-bond donors (Lipinski definition) is 1. The van der Waals surface area contributed by atoms with Crippen molar-refractivity contribution in [3.63, 3.8) is 0 Å². The molecule has 0 radical (unpaired) electrons. The highest BCUT2D eigenvalue weighted by Gasteiger charge is 2.31. The van der Waals surface area contributed by atoms with Gasteiger partial charge in [-0.25, -0.2) is 0 Å². The average Bonchev–Trinajstić information content (AvgIpc) is 3.45. The smallest absolute Gasteiger partial charge is 0.223 e. The zero-order chi connectivity index (χ0) is 21.1. The highest BCUT2D eigenvalue weighted by molar-refractivity contribution is 7.16. The molecule has 1 atom stereocenters. The summed E-state index contributed by atoms with van der Waals surface area (Å²) in [4.78, 5) is 26.8. The normalized spacial score (nSPS) is 19.3. The molecule has 6 nitrogen and oxygen atoms in total. The predicted molar refractivity (Wildman–Crippen MR) is 117 cm³/mol. The lowest BCUT2D eigenvalue weighted by atomic mass is 9.98. The van der Waals surface area contributed by atoms with E-state index in [9.17, 15) is 9.59 Å². The van der Waals surface area contributed by atoms with Gasteiger partial charge in [-0.2, -0.15) is 0 Å². The van der Waals surface area contributed by atoms with Gasteiger partial charge in [-0.3, -0.25) is 9.59 Å². The SMILES string of the molecule is COc1ccc(C2CC(=O)N(Cc3ccc(NC(C)=O)s3)C2)cc1OC1CCCC1. The molecule has 1 aromatic heterocycles. The molecule has 1 N–H and O–H groups in total. The average molecular weight is 429 g/mol. The molecule has 1 aliphatic heterocycles. The number of nitrogens with zero attached hydrogens (tertiary/aromatic N) is 1. The van der Waals surface area contributed by atoms with E-state index in [2.05, 4.69) is 11.4 Å². The standard InChI is InChI=1S/C23H28N2O4S/c1-15(26)24-22-10-8-19(30-22)14-25-13-17(12-23(25)27)16-7-9-20(28-2)21(11-16)29-18-5-3-4-6-18/h7-11,17-18H,3-6,12-14H2,1-2H3,(H,24,26).